The van der Waals surface area contributed by atoms with Gasteiger partial charge in [-0.05, 0) is 103 Å². The summed E-state index contributed by atoms with van der Waals surface area (Å²) in [4.78, 5) is 2.59. The number of nitrogens with zero attached hydrogens (tertiary/aromatic N) is 1. The summed E-state index contributed by atoms with van der Waals surface area (Å²) in [5.74, 6) is 0. The molecule has 0 unspecified atom stereocenters. The van der Waals surface area contributed by atoms with E-state index in [1.54, 1.807) is 0 Å². The van der Waals surface area contributed by atoms with Crippen molar-refractivity contribution in [1.29, 1.82) is 0 Å². The van der Waals surface area contributed by atoms with Crippen LogP contribution in [0.25, 0.3) is 33.4 Å². The Kier molecular flexibility index (Phi) is 8.15. The van der Waals surface area contributed by atoms with Crippen molar-refractivity contribution in [3.63, 3.8) is 0 Å². The number of anilines is 5. The molecular formula is C59H45BN2. The zero-order valence-corrected chi connectivity index (χ0v) is 35.3. The van der Waals surface area contributed by atoms with Gasteiger partial charge in [0.2, 0.25) is 0 Å². The van der Waals surface area contributed by atoms with Gasteiger partial charge in [0, 0.05) is 33.7 Å². The van der Waals surface area contributed by atoms with Gasteiger partial charge < -0.3 is 10.2 Å². The summed E-state index contributed by atoms with van der Waals surface area (Å²) in [5.41, 5.74) is 24.6. The van der Waals surface area contributed by atoms with Gasteiger partial charge >= 0.3 is 0 Å². The normalized spacial score (nSPS) is 14.4. The van der Waals surface area contributed by atoms with Crippen LogP contribution in [0.5, 0.6) is 0 Å². The average Bonchev–Trinajstić information content (AvgIpc) is 3.56. The van der Waals surface area contributed by atoms with Crippen LogP contribution in [0.2, 0.25) is 0 Å². The molecule has 3 aliphatic rings. The minimum atomic E-state index is -0.501. The molecule has 2 heterocycles. The number of fused-ring (bicyclic) bond motifs is 7. The van der Waals surface area contributed by atoms with E-state index in [2.05, 4.69) is 237 Å². The van der Waals surface area contributed by atoms with Crippen LogP contribution in [0.1, 0.15) is 52.8 Å². The lowest BCUT2D eigenvalue weighted by Gasteiger charge is -2.49. The van der Waals surface area contributed by atoms with E-state index in [1.807, 2.05) is 0 Å². The molecular weight excluding hydrogens is 747 g/mol. The molecule has 12 rings (SSSR count). The summed E-state index contributed by atoms with van der Waals surface area (Å²) in [6.45, 7) is 7.00. The highest BCUT2D eigenvalue weighted by molar-refractivity contribution is 6.73. The monoisotopic (exact) mass is 792 g/mol. The average molecular weight is 793 g/mol. The molecule has 0 saturated carbocycles. The van der Waals surface area contributed by atoms with Crippen molar-refractivity contribution in [2.45, 2.75) is 31.6 Å². The Morgan fingerprint density at radius 2 is 1.08 bits per heavy atom. The molecule has 9 aromatic rings. The molecule has 0 spiro atoms. The fourth-order valence-electron chi connectivity index (χ4n) is 11.4. The summed E-state index contributed by atoms with van der Waals surface area (Å²) >= 11 is 0. The minimum absolute atomic E-state index is 0.160. The molecule has 2 nitrogen and oxygen atoms in total. The Labute approximate surface area is 365 Å². The molecule has 0 amide bonds. The third kappa shape index (κ3) is 5.24. The Bertz CT molecular complexity index is 3180. The first-order valence-electron chi connectivity index (χ1n) is 21.9. The maximum absolute atomic E-state index is 4.11. The number of benzene rings is 9. The quantitative estimate of drug-likeness (QED) is 0.169. The van der Waals surface area contributed by atoms with Crippen LogP contribution in [-0.4, -0.2) is 7.28 Å². The zero-order valence-electron chi connectivity index (χ0n) is 35.3. The summed E-state index contributed by atoms with van der Waals surface area (Å²) in [5, 5.41) is 4.11. The van der Waals surface area contributed by atoms with Crippen molar-refractivity contribution in [1.82, 2.24) is 0 Å². The van der Waals surface area contributed by atoms with E-state index in [4.69, 9.17) is 0 Å². The molecule has 3 heteroatoms. The largest absolute Gasteiger partial charge is 0.355 e. The maximum atomic E-state index is 4.11. The van der Waals surface area contributed by atoms with Gasteiger partial charge in [-0.2, -0.15) is 0 Å². The van der Waals surface area contributed by atoms with Crippen LogP contribution >= 0.6 is 0 Å². The molecule has 0 saturated heterocycles. The first kappa shape index (κ1) is 36.5. The highest BCUT2D eigenvalue weighted by Crippen LogP contribution is 2.58. The number of hydrogen-bond donors (Lipinski definition) is 1. The molecule has 0 atom stereocenters. The molecule has 1 N–H and O–H groups in total. The van der Waals surface area contributed by atoms with E-state index in [0.29, 0.717) is 0 Å². The van der Waals surface area contributed by atoms with Crippen molar-refractivity contribution in [3.05, 3.63) is 245 Å². The first-order chi connectivity index (χ1) is 30.4. The fraction of sp³-hybridized carbons (Fsp3) is 0.0847. The highest BCUT2D eigenvalue weighted by Gasteiger charge is 2.48. The van der Waals surface area contributed by atoms with Crippen molar-refractivity contribution in [3.8, 4) is 33.4 Å². The van der Waals surface area contributed by atoms with Gasteiger partial charge in [0.25, 0.3) is 0 Å². The predicted molar refractivity (Wildman–Crippen MR) is 262 cm³/mol. The van der Waals surface area contributed by atoms with Gasteiger partial charge in [-0.3, -0.25) is 0 Å². The van der Waals surface area contributed by atoms with Gasteiger partial charge in [-0.1, -0.05) is 201 Å². The Hall–Kier alpha value is -7.36. The lowest BCUT2D eigenvalue weighted by molar-refractivity contribution is 0.662. The second-order valence-electron chi connectivity index (χ2n) is 17.8. The molecule has 9 aromatic carbocycles. The van der Waals surface area contributed by atoms with E-state index in [1.165, 1.54) is 100 Å². The van der Waals surface area contributed by atoms with Gasteiger partial charge in [-0.25, -0.2) is 0 Å². The van der Waals surface area contributed by atoms with E-state index in [9.17, 15) is 0 Å². The molecule has 294 valence electrons. The van der Waals surface area contributed by atoms with Gasteiger partial charge in [0.05, 0.1) is 11.1 Å². The van der Waals surface area contributed by atoms with Crippen LogP contribution in [0.3, 0.4) is 0 Å². The van der Waals surface area contributed by atoms with E-state index >= 15 is 0 Å². The number of nitrogens with one attached hydrogen (secondary N) is 1. The standard InChI is InChI=1S/C59H45BN2/c1-38-35-46(44-34-33-40(39-19-7-4-8-20-39)37-52(44)61-51-31-17-26-45-43-25-13-14-27-47(43)58(2,3)55(45)51)56-54(36-38)62-53-32-16-15-28-48(53)59(41-21-9-5-10-22-41,42-23-11-6-12-24-42)49-29-18-30-50(60-56)57(49)62/h4-37,60-61H,1-3H3. The number of hydrogen-bond acceptors (Lipinski definition) is 2. The second-order valence-corrected chi connectivity index (χ2v) is 17.8. The summed E-state index contributed by atoms with van der Waals surface area (Å²) in [6.07, 6.45) is 0. The van der Waals surface area contributed by atoms with Crippen LogP contribution in [0, 0.1) is 6.92 Å². The van der Waals surface area contributed by atoms with Crippen LogP contribution in [-0.2, 0) is 10.8 Å². The molecule has 0 fully saturated rings. The Balaban J connectivity index is 1.08. The highest BCUT2D eigenvalue weighted by atomic mass is 15.2. The Morgan fingerprint density at radius 1 is 0.452 bits per heavy atom. The van der Waals surface area contributed by atoms with Crippen LogP contribution in [0.4, 0.5) is 28.4 Å². The minimum Gasteiger partial charge on any atom is -0.355 e. The smallest absolute Gasteiger partial charge is 0.198 e. The topological polar surface area (TPSA) is 15.3 Å². The summed E-state index contributed by atoms with van der Waals surface area (Å²) in [6, 6.07) is 76.7. The molecule has 1 aliphatic carbocycles. The number of aryl methyl sites for hydroxylation is 1. The molecule has 2 aliphatic heterocycles. The fourth-order valence-corrected chi connectivity index (χ4v) is 11.4. The first-order valence-corrected chi connectivity index (χ1v) is 21.9. The maximum Gasteiger partial charge on any atom is 0.198 e. The lowest BCUT2D eigenvalue weighted by Crippen LogP contribution is -2.47. The van der Waals surface area contributed by atoms with Crippen molar-refractivity contribution in [2.75, 3.05) is 10.2 Å². The molecule has 0 bridgehead atoms. The SMILES string of the molecule is Cc1cc(-c2ccc(-c3ccccc3)cc2Nc2cccc3c2C(C)(C)c2ccccc2-3)c2c(c1)N1c3ccccc3C(c3ccccc3)(c3ccccc3)c3cccc(c31)B2. The summed E-state index contributed by atoms with van der Waals surface area (Å²) < 4.78 is 0. The molecule has 0 aromatic heterocycles. The van der Waals surface area contributed by atoms with E-state index in [0.717, 1.165) is 18.7 Å². The predicted octanol–water partition coefficient (Wildman–Crippen LogP) is 13.2. The molecule has 0 radical (unpaired) electrons. The van der Waals surface area contributed by atoms with Gasteiger partial charge in [0.1, 0.15) is 0 Å². The molecule has 62 heavy (non-hydrogen) atoms. The third-order valence-corrected chi connectivity index (χ3v) is 14.0. The lowest BCUT2D eigenvalue weighted by atomic mass is 9.54. The number of para-hydroxylation sites is 2. The van der Waals surface area contributed by atoms with Crippen molar-refractivity contribution >= 4 is 46.6 Å². The van der Waals surface area contributed by atoms with Gasteiger partial charge in [0.15, 0.2) is 7.28 Å². The van der Waals surface area contributed by atoms with Gasteiger partial charge in [-0.15, -0.1) is 0 Å². The van der Waals surface area contributed by atoms with E-state index < -0.39 is 5.41 Å². The third-order valence-electron chi connectivity index (χ3n) is 14.0. The Morgan fingerprint density at radius 3 is 1.84 bits per heavy atom. The zero-order chi connectivity index (χ0) is 41.6. The second kappa shape index (κ2) is 13.8. The van der Waals surface area contributed by atoms with Crippen LogP contribution < -0.4 is 21.1 Å². The number of rotatable bonds is 6. The summed E-state index contributed by atoms with van der Waals surface area (Å²) in [7, 11) is 0.815. The van der Waals surface area contributed by atoms with Crippen LogP contribution in [0.15, 0.2) is 206 Å². The van der Waals surface area contributed by atoms with Crippen molar-refractivity contribution < 1.29 is 0 Å². The van der Waals surface area contributed by atoms with E-state index in [-0.39, 0.29) is 5.41 Å². The van der Waals surface area contributed by atoms with Crippen molar-refractivity contribution in [2.24, 2.45) is 0 Å².